The number of carbonyl (C=O) groups excluding carboxylic acids is 1. The quantitative estimate of drug-likeness (QED) is 0.342. The second-order valence-corrected chi connectivity index (χ2v) is 7.87. The number of aromatic nitrogens is 2. The van der Waals surface area contributed by atoms with E-state index in [0.717, 1.165) is 17.1 Å². The molecule has 1 fully saturated rings. The van der Waals surface area contributed by atoms with E-state index in [1.54, 1.807) is 12.4 Å². The molecule has 1 saturated heterocycles. The third kappa shape index (κ3) is 4.15. The topological polar surface area (TPSA) is 128 Å². The molecule has 9 nitrogen and oxygen atoms in total. The highest BCUT2D eigenvalue weighted by Gasteiger charge is 2.29. The van der Waals surface area contributed by atoms with E-state index in [2.05, 4.69) is 15.3 Å². The number of nitrogens with one attached hydrogen (secondary N) is 2. The Morgan fingerprint density at radius 2 is 2.29 bits per heavy atom. The summed E-state index contributed by atoms with van der Waals surface area (Å²) in [6.45, 7) is 5.07. The monoisotopic (exact) mass is 408 g/mol. The van der Waals surface area contributed by atoms with Gasteiger partial charge >= 0.3 is 6.09 Å². The number of hydrogen-bond acceptors (Lipinski definition) is 5. The fourth-order valence-electron chi connectivity index (χ4n) is 3.58. The lowest BCUT2D eigenvalue weighted by Gasteiger charge is -2.37. The largest absolute Gasteiger partial charge is 0.464 e. The van der Waals surface area contributed by atoms with Gasteiger partial charge in [0.25, 0.3) is 0 Å². The minimum atomic E-state index is -1.17. The molecule has 2 aromatic heterocycles. The van der Waals surface area contributed by atoms with E-state index in [-0.39, 0.29) is 17.9 Å². The lowest BCUT2D eigenvalue weighted by atomic mass is 10.0. The predicted molar refractivity (Wildman–Crippen MR) is 108 cm³/mol. The van der Waals surface area contributed by atoms with Crippen LogP contribution in [0.25, 0.3) is 11.0 Å². The summed E-state index contributed by atoms with van der Waals surface area (Å²) in [4.78, 5) is 32.9. The number of H-pyrrole nitrogens is 1. The molecule has 152 valence electrons. The maximum absolute atomic E-state index is 12.3. The van der Waals surface area contributed by atoms with Crippen LogP contribution in [0.15, 0.2) is 12.4 Å². The summed E-state index contributed by atoms with van der Waals surface area (Å²) in [5, 5.41) is 14.1. The number of nitrogens with two attached hydrogens (primary N) is 1. The Balaban J connectivity index is 1.96. The third-order valence-corrected chi connectivity index (χ3v) is 5.10. The molecule has 0 unspecified atom stereocenters. The summed E-state index contributed by atoms with van der Waals surface area (Å²) >= 11 is 6.48. The van der Waals surface area contributed by atoms with Gasteiger partial charge in [0, 0.05) is 25.7 Å². The number of hydrogen-bond donors (Lipinski definition) is 4. The number of hydrazine groups is 1. The van der Waals surface area contributed by atoms with Gasteiger partial charge in [-0.05, 0) is 18.8 Å². The van der Waals surface area contributed by atoms with Gasteiger partial charge < -0.3 is 20.3 Å². The first-order chi connectivity index (χ1) is 13.3. The summed E-state index contributed by atoms with van der Waals surface area (Å²) in [7, 11) is 0. The minimum Gasteiger partial charge on any atom is -0.464 e. The van der Waals surface area contributed by atoms with E-state index in [1.807, 2.05) is 18.7 Å². The second-order valence-electron chi connectivity index (χ2n) is 7.46. The summed E-state index contributed by atoms with van der Waals surface area (Å²) in [5.41, 5.74) is 1.93. The van der Waals surface area contributed by atoms with Crippen molar-refractivity contribution >= 4 is 46.0 Å². The SMILES string of the molecule is CC(C)CC(=O)Nc1c[nH]c2ncc(Cl)c(N3CCC[C@@H](N(N)C(=O)O)C3)c12. The molecular formula is C18H25ClN6O3. The lowest BCUT2D eigenvalue weighted by Crippen LogP contribution is -2.53. The van der Waals surface area contributed by atoms with Crippen LogP contribution in [0.3, 0.4) is 0 Å². The summed E-state index contributed by atoms with van der Waals surface area (Å²) in [5.74, 6) is 5.85. The number of anilines is 2. The van der Waals surface area contributed by atoms with Gasteiger partial charge in [-0.15, -0.1) is 0 Å². The maximum Gasteiger partial charge on any atom is 0.421 e. The van der Waals surface area contributed by atoms with E-state index < -0.39 is 6.09 Å². The smallest absolute Gasteiger partial charge is 0.421 e. The van der Waals surface area contributed by atoms with E-state index in [4.69, 9.17) is 17.4 Å². The van der Waals surface area contributed by atoms with Crippen molar-refractivity contribution in [3.63, 3.8) is 0 Å². The van der Waals surface area contributed by atoms with E-state index in [1.165, 1.54) is 0 Å². The molecule has 1 aliphatic heterocycles. The van der Waals surface area contributed by atoms with Crippen LogP contribution in [0, 0.1) is 5.92 Å². The molecule has 3 heterocycles. The first-order valence-corrected chi connectivity index (χ1v) is 9.63. The molecule has 0 aliphatic carbocycles. The summed E-state index contributed by atoms with van der Waals surface area (Å²) < 4.78 is 0. The highest BCUT2D eigenvalue weighted by molar-refractivity contribution is 6.35. The van der Waals surface area contributed by atoms with Gasteiger partial charge in [0.1, 0.15) is 5.65 Å². The number of pyridine rings is 1. The minimum absolute atomic E-state index is 0.0858. The summed E-state index contributed by atoms with van der Waals surface area (Å²) in [6, 6.07) is -0.344. The van der Waals surface area contributed by atoms with Crippen LogP contribution in [0.1, 0.15) is 33.1 Å². The van der Waals surface area contributed by atoms with Gasteiger partial charge in [-0.3, -0.25) is 4.79 Å². The van der Waals surface area contributed by atoms with Crippen molar-refractivity contribution in [3.8, 4) is 0 Å². The first kappa shape index (κ1) is 20.2. The zero-order chi connectivity index (χ0) is 20.4. The number of rotatable bonds is 5. The molecule has 1 aliphatic rings. The molecule has 0 bridgehead atoms. The third-order valence-electron chi connectivity index (χ3n) is 4.82. The molecule has 0 radical (unpaired) electrons. The van der Waals surface area contributed by atoms with E-state index in [0.29, 0.717) is 47.7 Å². The van der Waals surface area contributed by atoms with Crippen molar-refractivity contribution in [1.29, 1.82) is 0 Å². The second kappa shape index (κ2) is 8.24. The van der Waals surface area contributed by atoms with Gasteiger partial charge in [0.05, 0.1) is 34.0 Å². The normalized spacial score (nSPS) is 17.2. The van der Waals surface area contributed by atoms with Crippen molar-refractivity contribution in [2.45, 2.75) is 39.2 Å². The number of carbonyl (C=O) groups is 2. The maximum atomic E-state index is 12.3. The van der Waals surface area contributed by atoms with Gasteiger partial charge in [0.15, 0.2) is 0 Å². The molecule has 10 heteroatoms. The Labute approximate surface area is 167 Å². The number of aromatic amines is 1. The van der Waals surface area contributed by atoms with E-state index >= 15 is 0 Å². The van der Waals surface area contributed by atoms with Crippen LogP contribution < -0.4 is 16.1 Å². The molecule has 2 aromatic rings. The Morgan fingerprint density at radius 1 is 1.54 bits per heavy atom. The van der Waals surface area contributed by atoms with Crippen molar-refractivity contribution in [2.75, 3.05) is 23.3 Å². The van der Waals surface area contributed by atoms with Crippen LogP contribution in [0.4, 0.5) is 16.2 Å². The fraction of sp³-hybridized carbons (Fsp3) is 0.500. The Hall–Kier alpha value is -2.52. The number of halogens is 1. The zero-order valence-corrected chi connectivity index (χ0v) is 16.7. The zero-order valence-electron chi connectivity index (χ0n) is 15.9. The van der Waals surface area contributed by atoms with Gasteiger partial charge in [-0.1, -0.05) is 25.4 Å². The Bertz CT molecular complexity index is 884. The fourth-order valence-corrected chi connectivity index (χ4v) is 3.84. The molecule has 3 rings (SSSR count). The molecule has 28 heavy (non-hydrogen) atoms. The molecule has 0 spiro atoms. The van der Waals surface area contributed by atoms with Crippen molar-refractivity contribution < 1.29 is 14.7 Å². The average molecular weight is 409 g/mol. The molecule has 5 N–H and O–H groups in total. The van der Waals surface area contributed by atoms with Gasteiger partial charge in [0.2, 0.25) is 5.91 Å². The first-order valence-electron chi connectivity index (χ1n) is 9.25. The van der Waals surface area contributed by atoms with Crippen molar-refractivity contribution in [1.82, 2.24) is 15.0 Å². The molecule has 0 saturated carbocycles. The molecule has 0 aromatic carbocycles. The molecule has 1 atom stereocenters. The van der Waals surface area contributed by atoms with Crippen LogP contribution in [-0.4, -0.2) is 51.2 Å². The average Bonchev–Trinajstić information content (AvgIpc) is 3.03. The number of amides is 2. The highest BCUT2D eigenvalue weighted by Crippen LogP contribution is 2.39. The van der Waals surface area contributed by atoms with Crippen LogP contribution in [0.5, 0.6) is 0 Å². The Kier molecular flexibility index (Phi) is 5.95. The standard InChI is InChI=1S/C18H25ClN6O3/c1-10(2)6-14(26)23-13-8-22-17-15(13)16(12(19)7-21-17)24-5-3-4-11(9-24)25(20)18(27)28/h7-8,10-11H,3-6,9,20H2,1-2H3,(H,21,22)(H,23,26)(H,27,28)/t11-/m1/s1. The molecular weight excluding hydrogens is 384 g/mol. The van der Waals surface area contributed by atoms with Crippen LogP contribution in [-0.2, 0) is 4.79 Å². The van der Waals surface area contributed by atoms with Gasteiger partial charge in [-0.2, -0.15) is 0 Å². The van der Waals surface area contributed by atoms with Crippen molar-refractivity contribution in [3.05, 3.63) is 17.4 Å². The number of piperidine rings is 1. The highest BCUT2D eigenvalue weighted by atomic mass is 35.5. The van der Waals surface area contributed by atoms with Crippen LogP contribution in [0.2, 0.25) is 5.02 Å². The van der Waals surface area contributed by atoms with Crippen LogP contribution >= 0.6 is 11.6 Å². The molecule has 2 amide bonds. The predicted octanol–water partition coefficient (Wildman–Crippen LogP) is 3.02. The Morgan fingerprint density at radius 3 is 2.96 bits per heavy atom. The van der Waals surface area contributed by atoms with Crippen molar-refractivity contribution in [2.24, 2.45) is 11.8 Å². The lowest BCUT2D eigenvalue weighted by molar-refractivity contribution is -0.116. The summed E-state index contributed by atoms with van der Waals surface area (Å²) in [6.07, 6.45) is 3.94. The van der Waals surface area contributed by atoms with Gasteiger partial charge in [-0.25, -0.2) is 20.6 Å². The number of fused-ring (bicyclic) bond motifs is 1. The van der Waals surface area contributed by atoms with E-state index in [9.17, 15) is 14.7 Å². The number of carboxylic acid groups (broad SMARTS) is 1. The number of nitrogens with zero attached hydrogens (tertiary/aromatic N) is 3.